The summed E-state index contributed by atoms with van der Waals surface area (Å²) in [4.78, 5) is 7.94. The minimum absolute atomic E-state index is 0.0706. The summed E-state index contributed by atoms with van der Waals surface area (Å²) in [6.45, 7) is 2.89. The monoisotopic (exact) mass is 424 g/mol. The van der Waals surface area contributed by atoms with Gasteiger partial charge in [-0.05, 0) is 23.1 Å². The fraction of sp³-hybridized carbons (Fsp3) is 0.429. The third-order valence-corrected chi connectivity index (χ3v) is 4.00. The quantitative estimate of drug-likeness (QED) is 0.451. The second kappa shape index (κ2) is 12.0. The molecule has 2 rings (SSSR count). The first-order chi connectivity index (χ1) is 14.4. The molecule has 1 atom stereocenters. The van der Waals surface area contributed by atoms with Crippen LogP contribution in [0.3, 0.4) is 0 Å². The third kappa shape index (κ3) is 9.60. The number of alkyl halides is 3. The van der Waals surface area contributed by atoms with Crippen LogP contribution in [0.2, 0.25) is 0 Å². The van der Waals surface area contributed by atoms with Crippen molar-refractivity contribution in [1.82, 2.24) is 15.6 Å². The number of guanidine groups is 1. The van der Waals surface area contributed by atoms with Crippen LogP contribution in [-0.2, 0) is 17.9 Å². The maximum Gasteiger partial charge on any atom is 0.422 e. The predicted octanol–water partition coefficient (Wildman–Crippen LogP) is 3.54. The Bertz CT molecular complexity index is 785. The van der Waals surface area contributed by atoms with Gasteiger partial charge in [0, 0.05) is 32.4 Å². The molecule has 0 bridgehead atoms. The van der Waals surface area contributed by atoms with Gasteiger partial charge in [-0.25, -0.2) is 4.98 Å². The molecule has 1 heterocycles. The van der Waals surface area contributed by atoms with Crippen LogP contribution in [0.15, 0.2) is 53.7 Å². The van der Waals surface area contributed by atoms with Crippen LogP contribution in [0.25, 0.3) is 0 Å². The molecule has 0 amide bonds. The lowest BCUT2D eigenvalue weighted by molar-refractivity contribution is -0.154. The number of pyridine rings is 1. The van der Waals surface area contributed by atoms with E-state index in [9.17, 15) is 13.2 Å². The van der Waals surface area contributed by atoms with Gasteiger partial charge >= 0.3 is 6.18 Å². The van der Waals surface area contributed by atoms with Gasteiger partial charge in [0.25, 0.3) is 0 Å². The second-order valence-electron chi connectivity index (χ2n) is 6.82. The fourth-order valence-electron chi connectivity index (χ4n) is 2.48. The summed E-state index contributed by atoms with van der Waals surface area (Å²) in [5.74, 6) is 0.772. The molecule has 0 radical (unpaired) electrons. The van der Waals surface area contributed by atoms with Crippen molar-refractivity contribution in [2.24, 2.45) is 10.9 Å². The van der Waals surface area contributed by atoms with E-state index in [1.807, 2.05) is 30.3 Å². The number of hydrogen-bond donors (Lipinski definition) is 2. The second-order valence-corrected chi connectivity index (χ2v) is 6.82. The van der Waals surface area contributed by atoms with E-state index in [0.717, 1.165) is 11.1 Å². The molecule has 0 spiro atoms. The van der Waals surface area contributed by atoms with Gasteiger partial charge in [0.2, 0.25) is 5.88 Å². The average molecular weight is 424 g/mol. The maximum absolute atomic E-state index is 12.3. The lowest BCUT2D eigenvalue weighted by atomic mass is 10.2. The molecule has 1 aromatic carbocycles. The normalized spacial score (nSPS) is 13.0. The highest BCUT2D eigenvalue weighted by Crippen LogP contribution is 2.17. The molecule has 164 valence electrons. The van der Waals surface area contributed by atoms with Gasteiger partial charge < -0.3 is 20.1 Å². The van der Waals surface area contributed by atoms with E-state index in [2.05, 4.69) is 32.3 Å². The molecule has 6 nitrogen and oxygen atoms in total. The number of aromatic nitrogens is 1. The molecular formula is C21H27F3N4O2. The van der Waals surface area contributed by atoms with Crippen molar-refractivity contribution >= 4 is 5.96 Å². The molecule has 9 heteroatoms. The minimum atomic E-state index is -4.40. The predicted molar refractivity (Wildman–Crippen MR) is 109 cm³/mol. The Balaban J connectivity index is 1.70. The topological polar surface area (TPSA) is 67.8 Å². The molecule has 30 heavy (non-hydrogen) atoms. The lowest BCUT2D eigenvalue weighted by Crippen LogP contribution is -2.39. The van der Waals surface area contributed by atoms with Crippen LogP contribution >= 0.6 is 0 Å². The van der Waals surface area contributed by atoms with Gasteiger partial charge in [-0.1, -0.05) is 37.3 Å². The van der Waals surface area contributed by atoms with E-state index in [4.69, 9.17) is 4.74 Å². The molecular weight excluding hydrogens is 397 g/mol. The van der Waals surface area contributed by atoms with Gasteiger partial charge in [0.15, 0.2) is 12.6 Å². The van der Waals surface area contributed by atoms with E-state index in [1.54, 1.807) is 13.1 Å². The Morgan fingerprint density at radius 1 is 1.13 bits per heavy atom. The molecule has 1 aromatic heterocycles. The van der Waals surface area contributed by atoms with Crippen molar-refractivity contribution in [3.63, 3.8) is 0 Å². The summed E-state index contributed by atoms with van der Waals surface area (Å²) >= 11 is 0. The molecule has 0 saturated heterocycles. The van der Waals surface area contributed by atoms with Gasteiger partial charge in [-0.3, -0.25) is 4.99 Å². The summed E-state index contributed by atoms with van der Waals surface area (Å²) < 4.78 is 47.2. The summed E-state index contributed by atoms with van der Waals surface area (Å²) in [5.41, 5.74) is 1.86. The van der Waals surface area contributed by atoms with Crippen molar-refractivity contribution < 1.29 is 22.6 Å². The Morgan fingerprint density at radius 2 is 1.90 bits per heavy atom. The summed E-state index contributed by atoms with van der Waals surface area (Å²) in [5, 5.41) is 6.33. The summed E-state index contributed by atoms with van der Waals surface area (Å²) in [6, 6.07) is 13.1. The number of benzene rings is 1. The largest absolute Gasteiger partial charge is 0.468 e. The van der Waals surface area contributed by atoms with Crippen LogP contribution in [0.1, 0.15) is 18.1 Å². The third-order valence-electron chi connectivity index (χ3n) is 4.00. The number of nitrogens with one attached hydrogen (secondary N) is 2. The van der Waals surface area contributed by atoms with Gasteiger partial charge in [0.05, 0.1) is 13.2 Å². The SMILES string of the molecule is CN=C(NCc1ccnc(OCC(F)(F)F)c1)NCC(C)COCc1ccccc1. The van der Waals surface area contributed by atoms with Crippen LogP contribution in [0.5, 0.6) is 5.88 Å². The maximum atomic E-state index is 12.3. The first-order valence-corrected chi connectivity index (χ1v) is 9.56. The van der Waals surface area contributed by atoms with E-state index < -0.39 is 12.8 Å². The van der Waals surface area contributed by atoms with Gasteiger partial charge in [-0.15, -0.1) is 0 Å². The Morgan fingerprint density at radius 3 is 2.60 bits per heavy atom. The molecule has 0 aliphatic carbocycles. The molecule has 0 aliphatic heterocycles. The Labute approximate surface area is 174 Å². The molecule has 0 aliphatic rings. The average Bonchev–Trinajstić information content (AvgIpc) is 2.73. The zero-order valence-electron chi connectivity index (χ0n) is 17.1. The number of aliphatic imine (C=N–C) groups is 1. The van der Waals surface area contributed by atoms with E-state index in [1.165, 1.54) is 12.3 Å². The van der Waals surface area contributed by atoms with Gasteiger partial charge in [-0.2, -0.15) is 13.2 Å². The zero-order chi connectivity index (χ0) is 21.8. The molecule has 1 unspecified atom stereocenters. The van der Waals surface area contributed by atoms with Crippen molar-refractivity contribution in [3.8, 4) is 5.88 Å². The van der Waals surface area contributed by atoms with Crippen molar-refractivity contribution in [2.75, 3.05) is 26.8 Å². The van der Waals surface area contributed by atoms with Crippen molar-refractivity contribution in [2.45, 2.75) is 26.3 Å². The summed E-state index contributed by atoms with van der Waals surface area (Å²) in [7, 11) is 1.65. The molecule has 0 saturated carbocycles. The van der Waals surface area contributed by atoms with E-state index >= 15 is 0 Å². The lowest BCUT2D eigenvalue weighted by Gasteiger charge is -2.16. The number of rotatable bonds is 10. The Kier molecular flexibility index (Phi) is 9.40. The number of ether oxygens (including phenoxy) is 2. The van der Waals surface area contributed by atoms with Crippen LogP contribution in [0.4, 0.5) is 13.2 Å². The van der Waals surface area contributed by atoms with Crippen LogP contribution in [0, 0.1) is 5.92 Å². The van der Waals surface area contributed by atoms with Crippen molar-refractivity contribution in [1.29, 1.82) is 0 Å². The number of nitrogens with zero attached hydrogens (tertiary/aromatic N) is 2. The minimum Gasteiger partial charge on any atom is -0.468 e. The number of hydrogen-bond acceptors (Lipinski definition) is 4. The smallest absolute Gasteiger partial charge is 0.422 e. The highest BCUT2D eigenvalue weighted by molar-refractivity contribution is 5.79. The van der Waals surface area contributed by atoms with E-state index in [-0.39, 0.29) is 11.8 Å². The highest BCUT2D eigenvalue weighted by atomic mass is 19.4. The number of halogens is 3. The van der Waals surface area contributed by atoms with Crippen molar-refractivity contribution in [3.05, 3.63) is 59.8 Å². The fourth-order valence-corrected chi connectivity index (χ4v) is 2.48. The first kappa shape index (κ1) is 23.5. The standard InChI is InChI=1S/C21H27F3N4O2/c1-16(13-29-14-17-6-4-3-5-7-17)11-27-20(25-2)28-12-18-8-9-26-19(10-18)30-15-21(22,23)24/h3-10,16H,11-15H2,1-2H3,(H2,25,27,28). The highest BCUT2D eigenvalue weighted by Gasteiger charge is 2.28. The summed E-state index contributed by atoms with van der Waals surface area (Å²) in [6.07, 6.45) is -2.99. The molecule has 2 aromatic rings. The van der Waals surface area contributed by atoms with Crippen LogP contribution in [-0.4, -0.2) is 43.9 Å². The Hall–Kier alpha value is -2.81. The van der Waals surface area contributed by atoms with E-state index in [0.29, 0.717) is 32.3 Å². The van der Waals surface area contributed by atoms with Crippen LogP contribution < -0.4 is 15.4 Å². The molecule has 2 N–H and O–H groups in total. The first-order valence-electron chi connectivity index (χ1n) is 9.56. The molecule has 0 fully saturated rings. The van der Waals surface area contributed by atoms with Gasteiger partial charge in [0.1, 0.15) is 0 Å². The zero-order valence-corrected chi connectivity index (χ0v) is 17.1.